The summed E-state index contributed by atoms with van der Waals surface area (Å²) in [7, 11) is 0. The second-order valence-corrected chi connectivity index (χ2v) is 5.41. The van der Waals surface area contributed by atoms with Crippen LogP contribution in [-0.4, -0.2) is 22.7 Å². The SMILES string of the molecule is C[C@H]1Cc2cnccc2N1C(=O)OC(C)(C)C. The van der Waals surface area contributed by atoms with Crippen LogP contribution < -0.4 is 4.90 Å². The van der Waals surface area contributed by atoms with Crippen molar-refractivity contribution < 1.29 is 9.53 Å². The largest absolute Gasteiger partial charge is 0.443 e. The van der Waals surface area contributed by atoms with Crippen molar-refractivity contribution in [3.63, 3.8) is 0 Å². The summed E-state index contributed by atoms with van der Waals surface area (Å²) in [4.78, 5) is 17.9. The van der Waals surface area contributed by atoms with Crippen LogP contribution in [0.15, 0.2) is 18.5 Å². The van der Waals surface area contributed by atoms with E-state index in [1.54, 1.807) is 11.1 Å². The maximum atomic E-state index is 12.1. The molecule has 0 saturated carbocycles. The summed E-state index contributed by atoms with van der Waals surface area (Å²) in [6, 6.07) is 1.99. The summed E-state index contributed by atoms with van der Waals surface area (Å²) in [6.07, 6.45) is 4.07. The van der Waals surface area contributed by atoms with Crippen molar-refractivity contribution in [2.45, 2.75) is 45.8 Å². The fraction of sp³-hybridized carbons (Fsp3) is 0.538. The fourth-order valence-corrected chi connectivity index (χ4v) is 2.05. The first-order valence-electron chi connectivity index (χ1n) is 5.83. The van der Waals surface area contributed by atoms with Crippen LogP contribution in [-0.2, 0) is 11.2 Å². The van der Waals surface area contributed by atoms with Gasteiger partial charge in [0.05, 0.1) is 5.69 Å². The number of ether oxygens (including phenoxy) is 1. The van der Waals surface area contributed by atoms with Crippen molar-refractivity contribution in [1.29, 1.82) is 0 Å². The number of amides is 1. The predicted octanol–water partition coefficient (Wildman–Crippen LogP) is 2.77. The predicted molar refractivity (Wildman–Crippen MR) is 66.1 cm³/mol. The molecule has 1 amide bonds. The van der Waals surface area contributed by atoms with Crippen LogP contribution in [0.5, 0.6) is 0 Å². The molecule has 0 saturated heterocycles. The Morgan fingerprint density at radius 1 is 1.53 bits per heavy atom. The summed E-state index contributed by atoms with van der Waals surface area (Å²) in [5, 5.41) is 0. The van der Waals surface area contributed by atoms with Gasteiger partial charge in [0.1, 0.15) is 5.60 Å². The van der Waals surface area contributed by atoms with Gasteiger partial charge in [-0.1, -0.05) is 0 Å². The van der Waals surface area contributed by atoms with Gasteiger partial charge in [0, 0.05) is 18.4 Å². The van der Waals surface area contributed by atoms with Gasteiger partial charge >= 0.3 is 6.09 Å². The van der Waals surface area contributed by atoms with Gasteiger partial charge in [0.15, 0.2) is 0 Å². The maximum Gasteiger partial charge on any atom is 0.415 e. The molecule has 0 bridgehead atoms. The molecule has 4 nitrogen and oxygen atoms in total. The van der Waals surface area contributed by atoms with E-state index >= 15 is 0 Å². The van der Waals surface area contributed by atoms with Gasteiger partial charge in [0.2, 0.25) is 0 Å². The van der Waals surface area contributed by atoms with Crippen LogP contribution in [0.25, 0.3) is 0 Å². The molecule has 0 spiro atoms. The highest BCUT2D eigenvalue weighted by atomic mass is 16.6. The molecule has 1 aliphatic rings. The van der Waals surface area contributed by atoms with E-state index in [2.05, 4.69) is 4.98 Å². The van der Waals surface area contributed by atoms with Crippen molar-refractivity contribution >= 4 is 11.8 Å². The number of carbonyl (C=O) groups is 1. The first kappa shape index (κ1) is 11.9. The lowest BCUT2D eigenvalue weighted by Crippen LogP contribution is -2.40. The minimum atomic E-state index is -0.466. The molecule has 2 rings (SSSR count). The Labute approximate surface area is 102 Å². The van der Waals surface area contributed by atoms with Crippen molar-refractivity contribution in [2.24, 2.45) is 0 Å². The van der Waals surface area contributed by atoms with Gasteiger partial charge in [-0.2, -0.15) is 0 Å². The van der Waals surface area contributed by atoms with Crippen molar-refractivity contribution in [3.8, 4) is 0 Å². The van der Waals surface area contributed by atoms with E-state index in [1.165, 1.54) is 0 Å². The summed E-state index contributed by atoms with van der Waals surface area (Å²) >= 11 is 0. The summed E-state index contributed by atoms with van der Waals surface area (Å²) in [5.74, 6) is 0. The fourth-order valence-electron chi connectivity index (χ4n) is 2.05. The number of pyridine rings is 1. The van der Waals surface area contributed by atoms with Crippen LogP contribution in [0.1, 0.15) is 33.3 Å². The summed E-state index contributed by atoms with van der Waals surface area (Å²) < 4.78 is 5.42. The van der Waals surface area contributed by atoms with E-state index in [-0.39, 0.29) is 12.1 Å². The maximum absolute atomic E-state index is 12.1. The quantitative estimate of drug-likeness (QED) is 0.693. The molecule has 0 aliphatic carbocycles. The molecular weight excluding hydrogens is 216 g/mol. The van der Waals surface area contributed by atoms with E-state index in [0.29, 0.717) is 0 Å². The van der Waals surface area contributed by atoms with E-state index in [1.807, 2.05) is 40.0 Å². The molecule has 0 aromatic carbocycles. The highest BCUT2D eigenvalue weighted by molar-refractivity contribution is 5.91. The van der Waals surface area contributed by atoms with E-state index in [9.17, 15) is 4.79 Å². The van der Waals surface area contributed by atoms with Crippen molar-refractivity contribution in [1.82, 2.24) is 4.98 Å². The molecule has 4 heteroatoms. The topological polar surface area (TPSA) is 42.4 Å². The zero-order valence-corrected chi connectivity index (χ0v) is 10.7. The molecule has 0 fully saturated rings. The second kappa shape index (κ2) is 4.02. The number of fused-ring (bicyclic) bond motifs is 1. The van der Waals surface area contributed by atoms with Crippen molar-refractivity contribution in [3.05, 3.63) is 24.0 Å². The minimum Gasteiger partial charge on any atom is -0.443 e. The van der Waals surface area contributed by atoms with Crippen molar-refractivity contribution in [2.75, 3.05) is 4.90 Å². The molecule has 1 aromatic heterocycles. The highest BCUT2D eigenvalue weighted by Crippen LogP contribution is 2.32. The summed E-state index contributed by atoms with van der Waals surface area (Å²) in [5.41, 5.74) is 1.56. The smallest absolute Gasteiger partial charge is 0.415 e. The lowest BCUT2D eigenvalue weighted by Gasteiger charge is -2.27. The van der Waals surface area contributed by atoms with Gasteiger partial charge in [0.25, 0.3) is 0 Å². The molecule has 0 radical (unpaired) electrons. The molecule has 1 aliphatic heterocycles. The van der Waals surface area contributed by atoms with Gasteiger partial charge in [-0.05, 0) is 45.7 Å². The van der Waals surface area contributed by atoms with Crippen LogP contribution in [0.3, 0.4) is 0 Å². The number of anilines is 1. The van der Waals surface area contributed by atoms with Gasteiger partial charge in [-0.3, -0.25) is 9.88 Å². The average Bonchev–Trinajstić information content (AvgIpc) is 2.50. The van der Waals surface area contributed by atoms with Crippen LogP contribution in [0.2, 0.25) is 0 Å². The molecule has 92 valence electrons. The first-order valence-corrected chi connectivity index (χ1v) is 5.83. The second-order valence-electron chi connectivity index (χ2n) is 5.41. The highest BCUT2D eigenvalue weighted by Gasteiger charge is 2.33. The Bertz CT molecular complexity index is 437. The number of aromatic nitrogens is 1. The molecule has 17 heavy (non-hydrogen) atoms. The Morgan fingerprint density at radius 3 is 2.88 bits per heavy atom. The zero-order chi connectivity index (χ0) is 12.6. The molecule has 1 aromatic rings. The Hall–Kier alpha value is -1.58. The van der Waals surface area contributed by atoms with Gasteiger partial charge in [-0.15, -0.1) is 0 Å². The monoisotopic (exact) mass is 234 g/mol. The molecule has 1 atom stereocenters. The molecule has 2 heterocycles. The van der Waals surface area contributed by atoms with Crippen LogP contribution in [0.4, 0.5) is 10.5 Å². The molecular formula is C13H18N2O2. The normalized spacial score (nSPS) is 19.1. The van der Waals surface area contributed by atoms with Crippen LogP contribution >= 0.6 is 0 Å². The number of rotatable bonds is 0. The number of carbonyl (C=O) groups excluding carboxylic acids is 1. The third-order valence-corrected chi connectivity index (χ3v) is 2.68. The third kappa shape index (κ3) is 2.40. The van der Waals surface area contributed by atoms with E-state index in [4.69, 9.17) is 4.74 Å². The summed E-state index contributed by atoms with van der Waals surface area (Å²) in [6.45, 7) is 7.64. The number of hydrogen-bond acceptors (Lipinski definition) is 3. The average molecular weight is 234 g/mol. The zero-order valence-electron chi connectivity index (χ0n) is 10.7. The van der Waals surface area contributed by atoms with Gasteiger partial charge in [-0.25, -0.2) is 4.79 Å². The Morgan fingerprint density at radius 2 is 2.24 bits per heavy atom. The third-order valence-electron chi connectivity index (χ3n) is 2.68. The minimum absolute atomic E-state index is 0.129. The lowest BCUT2D eigenvalue weighted by molar-refractivity contribution is 0.0572. The Kier molecular flexibility index (Phi) is 2.81. The van der Waals surface area contributed by atoms with E-state index in [0.717, 1.165) is 17.7 Å². The van der Waals surface area contributed by atoms with E-state index < -0.39 is 5.60 Å². The molecule has 0 unspecified atom stereocenters. The Balaban J connectivity index is 2.25. The standard InChI is InChI=1S/C13H18N2O2/c1-9-7-10-8-14-6-5-11(10)15(9)12(16)17-13(2,3)4/h5-6,8-9H,7H2,1-4H3/t9-/m0/s1. The van der Waals surface area contributed by atoms with Gasteiger partial charge < -0.3 is 4.74 Å². The number of nitrogens with zero attached hydrogens (tertiary/aromatic N) is 2. The molecule has 0 N–H and O–H groups in total. The number of hydrogen-bond donors (Lipinski definition) is 0. The lowest BCUT2D eigenvalue weighted by atomic mass is 10.2. The first-order chi connectivity index (χ1) is 7.88. The van der Waals surface area contributed by atoms with Crippen LogP contribution in [0, 0.1) is 0 Å².